The van der Waals surface area contributed by atoms with Gasteiger partial charge in [-0.25, -0.2) is 0 Å². The van der Waals surface area contributed by atoms with Crippen molar-refractivity contribution in [2.75, 3.05) is 13.1 Å². The molecule has 2 N–H and O–H groups in total. The van der Waals surface area contributed by atoms with Gasteiger partial charge < -0.3 is 5.73 Å². The lowest BCUT2D eigenvalue weighted by Gasteiger charge is -2.40. The first kappa shape index (κ1) is 11.4. The van der Waals surface area contributed by atoms with Crippen molar-refractivity contribution in [2.24, 2.45) is 5.73 Å². The SMILES string of the molecule is NCC1CCCCN1C1CCCCCC1. The van der Waals surface area contributed by atoms with Crippen LogP contribution in [0, 0.1) is 0 Å². The average Bonchev–Trinajstić information content (AvgIpc) is 2.57. The molecule has 15 heavy (non-hydrogen) atoms. The number of nitrogens with two attached hydrogens (primary N) is 1. The fourth-order valence-electron chi connectivity index (χ4n) is 3.35. The molecule has 0 radical (unpaired) electrons. The van der Waals surface area contributed by atoms with Crippen molar-refractivity contribution in [2.45, 2.75) is 69.9 Å². The lowest BCUT2D eigenvalue weighted by Crippen LogP contribution is -2.49. The predicted molar refractivity (Wildman–Crippen MR) is 64.9 cm³/mol. The van der Waals surface area contributed by atoms with Crippen LogP contribution < -0.4 is 5.73 Å². The molecule has 2 nitrogen and oxygen atoms in total. The Kier molecular flexibility index (Phi) is 4.45. The van der Waals surface area contributed by atoms with E-state index >= 15 is 0 Å². The summed E-state index contributed by atoms with van der Waals surface area (Å²) in [5.74, 6) is 0. The van der Waals surface area contributed by atoms with Crippen molar-refractivity contribution in [3.05, 3.63) is 0 Å². The Morgan fingerprint density at radius 1 is 0.867 bits per heavy atom. The van der Waals surface area contributed by atoms with Crippen LogP contribution in [-0.4, -0.2) is 30.1 Å². The largest absolute Gasteiger partial charge is 0.329 e. The average molecular weight is 210 g/mol. The summed E-state index contributed by atoms with van der Waals surface area (Å²) in [6.45, 7) is 2.18. The van der Waals surface area contributed by atoms with Gasteiger partial charge in [-0.1, -0.05) is 32.1 Å². The monoisotopic (exact) mass is 210 g/mol. The number of nitrogens with zero attached hydrogens (tertiary/aromatic N) is 1. The fraction of sp³-hybridized carbons (Fsp3) is 1.00. The summed E-state index contributed by atoms with van der Waals surface area (Å²) in [5.41, 5.74) is 5.90. The number of piperidine rings is 1. The molecule has 1 atom stereocenters. The molecule has 0 amide bonds. The quantitative estimate of drug-likeness (QED) is 0.710. The number of hydrogen-bond donors (Lipinski definition) is 1. The van der Waals surface area contributed by atoms with E-state index in [0.29, 0.717) is 6.04 Å². The second kappa shape index (κ2) is 5.86. The summed E-state index contributed by atoms with van der Waals surface area (Å²) < 4.78 is 0. The van der Waals surface area contributed by atoms with Gasteiger partial charge in [-0.15, -0.1) is 0 Å². The highest BCUT2D eigenvalue weighted by atomic mass is 15.2. The fourth-order valence-corrected chi connectivity index (χ4v) is 3.35. The van der Waals surface area contributed by atoms with Gasteiger partial charge >= 0.3 is 0 Å². The predicted octanol–water partition coefficient (Wildman–Crippen LogP) is 2.52. The van der Waals surface area contributed by atoms with Crippen LogP contribution in [0.5, 0.6) is 0 Å². The summed E-state index contributed by atoms with van der Waals surface area (Å²) in [7, 11) is 0. The molecule has 0 aromatic rings. The molecule has 2 fully saturated rings. The molecule has 0 aromatic carbocycles. The highest BCUT2D eigenvalue weighted by Crippen LogP contribution is 2.27. The third-order valence-electron chi connectivity index (χ3n) is 4.24. The minimum Gasteiger partial charge on any atom is -0.329 e. The van der Waals surface area contributed by atoms with Crippen molar-refractivity contribution in [3.8, 4) is 0 Å². The molecule has 1 aliphatic carbocycles. The Morgan fingerprint density at radius 3 is 2.20 bits per heavy atom. The molecule has 1 saturated carbocycles. The molecular weight excluding hydrogens is 184 g/mol. The zero-order chi connectivity index (χ0) is 10.5. The van der Waals surface area contributed by atoms with Crippen LogP contribution in [0.4, 0.5) is 0 Å². The van der Waals surface area contributed by atoms with Gasteiger partial charge in [-0.3, -0.25) is 4.90 Å². The minimum absolute atomic E-state index is 0.696. The highest BCUT2D eigenvalue weighted by molar-refractivity contribution is 4.84. The van der Waals surface area contributed by atoms with E-state index in [1.165, 1.54) is 64.3 Å². The van der Waals surface area contributed by atoms with Crippen molar-refractivity contribution < 1.29 is 0 Å². The molecule has 0 aromatic heterocycles. The van der Waals surface area contributed by atoms with Crippen LogP contribution >= 0.6 is 0 Å². The molecule has 88 valence electrons. The highest BCUT2D eigenvalue weighted by Gasteiger charge is 2.27. The molecule has 1 heterocycles. The van der Waals surface area contributed by atoms with E-state index < -0.39 is 0 Å². The first-order valence-corrected chi connectivity index (χ1v) is 6.87. The van der Waals surface area contributed by atoms with Crippen LogP contribution in [0.3, 0.4) is 0 Å². The Balaban J connectivity index is 1.92. The van der Waals surface area contributed by atoms with Gasteiger partial charge in [-0.2, -0.15) is 0 Å². The lowest BCUT2D eigenvalue weighted by atomic mass is 9.96. The summed E-state index contributed by atoms with van der Waals surface area (Å²) >= 11 is 0. The van der Waals surface area contributed by atoms with E-state index in [9.17, 15) is 0 Å². The zero-order valence-corrected chi connectivity index (χ0v) is 9.96. The van der Waals surface area contributed by atoms with Crippen molar-refractivity contribution >= 4 is 0 Å². The van der Waals surface area contributed by atoms with E-state index in [0.717, 1.165) is 12.6 Å². The second-order valence-electron chi connectivity index (χ2n) is 5.27. The van der Waals surface area contributed by atoms with Crippen molar-refractivity contribution in [3.63, 3.8) is 0 Å². The third kappa shape index (κ3) is 2.94. The van der Waals surface area contributed by atoms with Gasteiger partial charge in [0.1, 0.15) is 0 Å². The smallest absolute Gasteiger partial charge is 0.0221 e. The number of likely N-dealkylation sites (tertiary alicyclic amines) is 1. The first-order valence-electron chi connectivity index (χ1n) is 6.87. The van der Waals surface area contributed by atoms with E-state index in [2.05, 4.69) is 4.90 Å². The number of rotatable bonds is 2. The standard InChI is InChI=1S/C13H26N2/c14-11-13-9-5-6-10-15(13)12-7-3-1-2-4-8-12/h12-13H,1-11,14H2. The molecule has 0 spiro atoms. The molecule has 2 aliphatic rings. The molecule has 1 unspecified atom stereocenters. The van der Waals surface area contributed by atoms with Crippen LogP contribution in [0.15, 0.2) is 0 Å². The third-order valence-corrected chi connectivity index (χ3v) is 4.24. The summed E-state index contributed by atoms with van der Waals surface area (Å²) in [5, 5.41) is 0. The Hall–Kier alpha value is -0.0800. The maximum Gasteiger partial charge on any atom is 0.0221 e. The zero-order valence-electron chi connectivity index (χ0n) is 9.96. The summed E-state index contributed by atoms with van der Waals surface area (Å²) in [6, 6.07) is 1.56. The molecular formula is C13H26N2. The maximum absolute atomic E-state index is 5.90. The van der Waals surface area contributed by atoms with Crippen LogP contribution in [0.1, 0.15) is 57.8 Å². The number of hydrogen-bond acceptors (Lipinski definition) is 2. The topological polar surface area (TPSA) is 29.3 Å². The maximum atomic E-state index is 5.90. The molecule has 1 saturated heterocycles. The van der Waals surface area contributed by atoms with Gasteiger partial charge in [-0.05, 0) is 32.2 Å². The van der Waals surface area contributed by atoms with Crippen molar-refractivity contribution in [1.29, 1.82) is 0 Å². The van der Waals surface area contributed by atoms with Crippen molar-refractivity contribution in [1.82, 2.24) is 4.90 Å². The Morgan fingerprint density at radius 2 is 1.53 bits per heavy atom. The van der Waals surface area contributed by atoms with E-state index in [1.54, 1.807) is 0 Å². The van der Waals surface area contributed by atoms with E-state index in [4.69, 9.17) is 5.73 Å². The minimum atomic E-state index is 0.696. The lowest BCUT2D eigenvalue weighted by molar-refractivity contribution is 0.0896. The van der Waals surface area contributed by atoms with Gasteiger partial charge in [0.25, 0.3) is 0 Å². The van der Waals surface area contributed by atoms with Crippen LogP contribution in [0.2, 0.25) is 0 Å². The van der Waals surface area contributed by atoms with Gasteiger partial charge in [0.2, 0.25) is 0 Å². The van der Waals surface area contributed by atoms with E-state index in [-0.39, 0.29) is 0 Å². The van der Waals surface area contributed by atoms with Gasteiger partial charge in [0.05, 0.1) is 0 Å². The molecule has 2 rings (SSSR count). The van der Waals surface area contributed by atoms with Gasteiger partial charge in [0.15, 0.2) is 0 Å². The summed E-state index contributed by atoms with van der Waals surface area (Å²) in [6.07, 6.45) is 12.8. The molecule has 0 bridgehead atoms. The normalized spacial score (nSPS) is 31.4. The van der Waals surface area contributed by atoms with Gasteiger partial charge in [0, 0.05) is 18.6 Å². The Labute approximate surface area is 94.2 Å². The van der Waals surface area contributed by atoms with Crippen LogP contribution in [0.25, 0.3) is 0 Å². The second-order valence-corrected chi connectivity index (χ2v) is 5.27. The Bertz CT molecular complexity index is 173. The molecule has 2 heteroatoms. The molecule has 1 aliphatic heterocycles. The first-order chi connectivity index (χ1) is 7.42. The summed E-state index contributed by atoms with van der Waals surface area (Å²) in [4.78, 5) is 2.74. The van der Waals surface area contributed by atoms with Crippen LogP contribution in [-0.2, 0) is 0 Å². The van der Waals surface area contributed by atoms with E-state index in [1.807, 2.05) is 0 Å².